The summed E-state index contributed by atoms with van der Waals surface area (Å²) < 4.78 is 0. The van der Waals surface area contributed by atoms with Gasteiger partial charge in [0.15, 0.2) is 0 Å². The first-order valence-corrected chi connectivity index (χ1v) is 7.71. The lowest BCUT2D eigenvalue weighted by Crippen LogP contribution is -2.34. The van der Waals surface area contributed by atoms with Crippen molar-refractivity contribution < 1.29 is 0 Å². The predicted molar refractivity (Wildman–Crippen MR) is 84.2 cm³/mol. The summed E-state index contributed by atoms with van der Waals surface area (Å²) in [6.45, 7) is 6.72. The second kappa shape index (κ2) is 6.15. The van der Waals surface area contributed by atoms with E-state index in [2.05, 4.69) is 49.2 Å². The Balaban J connectivity index is 2.30. The van der Waals surface area contributed by atoms with E-state index in [1.54, 1.807) is 0 Å². The van der Waals surface area contributed by atoms with E-state index in [4.69, 9.17) is 11.6 Å². The molecule has 0 saturated carbocycles. The van der Waals surface area contributed by atoms with E-state index in [1.165, 1.54) is 30.5 Å². The zero-order chi connectivity index (χ0) is 14.0. The van der Waals surface area contributed by atoms with Crippen molar-refractivity contribution in [3.8, 4) is 0 Å². The van der Waals surface area contributed by atoms with Crippen LogP contribution >= 0.6 is 11.6 Å². The Labute approximate surface area is 122 Å². The Kier molecular flexibility index (Phi) is 4.75. The molecular weight excluding hydrogens is 256 g/mol. The molecule has 1 heterocycles. The van der Waals surface area contributed by atoms with Crippen LogP contribution in [0.1, 0.15) is 51.6 Å². The standard InChI is InChI=1S/C16H25ClN2/c1-5-14-8-6-11(2)19(14)16-9-7-13(10-15(16)17)12(3)18-4/h7,9-12,14,18H,5-6,8H2,1-4H3. The van der Waals surface area contributed by atoms with Gasteiger partial charge in [0, 0.05) is 18.1 Å². The number of rotatable bonds is 4. The molecular formula is C16H25ClN2. The van der Waals surface area contributed by atoms with Crippen molar-refractivity contribution in [3.63, 3.8) is 0 Å². The number of hydrogen-bond acceptors (Lipinski definition) is 2. The first kappa shape index (κ1) is 14.7. The van der Waals surface area contributed by atoms with E-state index in [0.717, 1.165) is 5.02 Å². The Morgan fingerprint density at radius 1 is 1.42 bits per heavy atom. The molecule has 1 saturated heterocycles. The van der Waals surface area contributed by atoms with Crippen LogP contribution in [0.2, 0.25) is 5.02 Å². The molecule has 0 amide bonds. The summed E-state index contributed by atoms with van der Waals surface area (Å²) >= 11 is 6.53. The second-order valence-electron chi connectivity index (χ2n) is 5.62. The van der Waals surface area contributed by atoms with E-state index < -0.39 is 0 Å². The average Bonchev–Trinajstić information content (AvgIpc) is 2.78. The number of nitrogens with zero attached hydrogens (tertiary/aromatic N) is 1. The third-order valence-corrected chi connectivity index (χ3v) is 4.74. The topological polar surface area (TPSA) is 15.3 Å². The first-order chi connectivity index (χ1) is 9.08. The van der Waals surface area contributed by atoms with Gasteiger partial charge in [-0.25, -0.2) is 0 Å². The van der Waals surface area contributed by atoms with Crippen molar-refractivity contribution in [2.24, 2.45) is 0 Å². The van der Waals surface area contributed by atoms with Gasteiger partial charge in [-0.1, -0.05) is 24.6 Å². The molecule has 1 N–H and O–H groups in total. The molecule has 0 aromatic heterocycles. The van der Waals surface area contributed by atoms with Gasteiger partial charge in [0.25, 0.3) is 0 Å². The van der Waals surface area contributed by atoms with Crippen molar-refractivity contribution in [1.82, 2.24) is 5.32 Å². The summed E-state index contributed by atoms with van der Waals surface area (Å²) in [5.74, 6) is 0. The van der Waals surface area contributed by atoms with Crippen LogP contribution in [0.3, 0.4) is 0 Å². The quantitative estimate of drug-likeness (QED) is 0.880. The highest BCUT2D eigenvalue weighted by Crippen LogP contribution is 2.37. The van der Waals surface area contributed by atoms with Crippen molar-refractivity contribution in [3.05, 3.63) is 28.8 Å². The highest BCUT2D eigenvalue weighted by atomic mass is 35.5. The fraction of sp³-hybridized carbons (Fsp3) is 0.625. The number of benzene rings is 1. The van der Waals surface area contributed by atoms with Crippen LogP contribution in [-0.2, 0) is 0 Å². The summed E-state index contributed by atoms with van der Waals surface area (Å²) in [4.78, 5) is 2.51. The maximum absolute atomic E-state index is 6.53. The van der Waals surface area contributed by atoms with Crippen LogP contribution in [0.15, 0.2) is 18.2 Å². The molecule has 3 atom stereocenters. The lowest BCUT2D eigenvalue weighted by atomic mass is 10.1. The Hall–Kier alpha value is -0.730. The van der Waals surface area contributed by atoms with Gasteiger partial charge >= 0.3 is 0 Å². The van der Waals surface area contributed by atoms with E-state index in [9.17, 15) is 0 Å². The van der Waals surface area contributed by atoms with Crippen molar-refractivity contribution in [2.75, 3.05) is 11.9 Å². The lowest BCUT2D eigenvalue weighted by Gasteiger charge is -2.31. The summed E-state index contributed by atoms with van der Waals surface area (Å²) in [5, 5.41) is 4.14. The maximum atomic E-state index is 6.53. The van der Waals surface area contributed by atoms with Crippen LogP contribution in [0.5, 0.6) is 0 Å². The Bertz CT molecular complexity index is 433. The smallest absolute Gasteiger partial charge is 0.0643 e. The van der Waals surface area contributed by atoms with E-state index in [1.807, 2.05) is 7.05 Å². The van der Waals surface area contributed by atoms with Crippen molar-refractivity contribution in [1.29, 1.82) is 0 Å². The van der Waals surface area contributed by atoms with Crippen LogP contribution in [0.25, 0.3) is 0 Å². The largest absolute Gasteiger partial charge is 0.365 e. The third kappa shape index (κ3) is 2.90. The zero-order valence-electron chi connectivity index (χ0n) is 12.4. The van der Waals surface area contributed by atoms with Crippen molar-refractivity contribution in [2.45, 2.75) is 58.2 Å². The number of nitrogens with one attached hydrogen (secondary N) is 1. The van der Waals surface area contributed by atoms with E-state index in [0.29, 0.717) is 18.1 Å². The molecule has 19 heavy (non-hydrogen) atoms. The van der Waals surface area contributed by atoms with Gasteiger partial charge in [-0.3, -0.25) is 0 Å². The van der Waals surface area contributed by atoms with Crippen LogP contribution in [0, 0.1) is 0 Å². The van der Waals surface area contributed by atoms with Gasteiger partial charge in [0.1, 0.15) is 0 Å². The van der Waals surface area contributed by atoms with Crippen LogP contribution in [0.4, 0.5) is 5.69 Å². The summed E-state index contributed by atoms with van der Waals surface area (Å²) in [7, 11) is 1.97. The molecule has 0 aliphatic carbocycles. The van der Waals surface area contributed by atoms with Gasteiger partial charge in [0.05, 0.1) is 10.7 Å². The molecule has 1 aromatic carbocycles. The van der Waals surface area contributed by atoms with E-state index >= 15 is 0 Å². The minimum absolute atomic E-state index is 0.338. The Morgan fingerprint density at radius 2 is 2.16 bits per heavy atom. The molecule has 3 unspecified atom stereocenters. The van der Waals surface area contributed by atoms with Crippen LogP contribution in [-0.4, -0.2) is 19.1 Å². The third-order valence-electron chi connectivity index (χ3n) is 4.44. The molecule has 0 spiro atoms. The fourth-order valence-electron chi connectivity index (χ4n) is 3.08. The highest BCUT2D eigenvalue weighted by molar-refractivity contribution is 6.33. The predicted octanol–water partition coefficient (Wildman–Crippen LogP) is 4.39. The monoisotopic (exact) mass is 280 g/mol. The molecule has 0 radical (unpaired) electrons. The van der Waals surface area contributed by atoms with Gasteiger partial charge in [0.2, 0.25) is 0 Å². The number of halogens is 1. The molecule has 1 fully saturated rings. The minimum Gasteiger partial charge on any atom is -0.365 e. The van der Waals surface area contributed by atoms with Gasteiger partial charge < -0.3 is 10.2 Å². The van der Waals surface area contributed by atoms with Crippen molar-refractivity contribution >= 4 is 17.3 Å². The highest BCUT2D eigenvalue weighted by Gasteiger charge is 2.30. The normalized spacial score (nSPS) is 24.8. The van der Waals surface area contributed by atoms with Crippen LogP contribution < -0.4 is 10.2 Å². The summed E-state index contributed by atoms with van der Waals surface area (Å²) in [6, 6.07) is 8.06. The molecule has 2 nitrogen and oxygen atoms in total. The molecule has 0 bridgehead atoms. The molecule has 1 aliphatic rings. The second-order valence-corrected chi connectivity index (χ2v) is 6.02. The van der Waals surface area contributed by atoms with Gasteiger partial charge in [-0.15, -0.1) is 0 Å². The Morgan fingerprint density at radius 3 is 2.74 bits per heavy atom. The maximum Gasteiger partial charge on any atom is 0.0643 e. The molecule has 1 aromatic rings. The number of hydrogen-bond donors (Lipinski definition) is 1. The summed E-state index contributed by atoms with van der Waals surface area (Å²) in [5.41, 5.74) is 2.45. The molecule has 3 heteroatoms. The van der Waals surface area contributed by atoms with Gasteiger partial charge in [-0.2, -0.15) is 0 Å². The number of anilines is 1. The van der Waals surface area contributed by atoms with Gasteiger partial charge in [-0.05, 0) is 57.9 Å². The summed E-state index contributed by atoms with van der Waals surface area (Å²) in [6.07, 6.45) is 3.74. The molecule has 1 aliphatic heterocycles. The van der Waals surface area contributed by atoms with E-state index in [-0.39, 0.29) is 0 Å². The first-order valence-electron chi connectivity index (χ1n) is 7.33. The molecule has 106 valence electrons. The average molecular weight is 281 g/mol. The SMILES string of the molecule is CCC1CCC(C)N1c1ccc(C(C)NC)cc1Cl. The molecule has 2 rings (SSSR count). The lowest BCUT2D eigenvalue weighted by molar-refractivity contribution is 0.626. The fourth-order valence-corrected chi connectivity index (χ4v) is 3.36. The minimum atomic E-state index is 0.338. The zero-order valence-corrected chi connectivity index (χ0v) is 13.2.